The van der Waals surface area contributed by atoms with E-state index in [1.165, 1.54) is 0 Å². The molecule has 0 aliphatic carbocycles. The van der Waals surface area contributed by atoms with Crippen molar-refractivity contribution >= 4 is 5.97 Å². The summed E-state index contributed by atoms with van der Waals surface area (Å²) < 4.78 is 0. The third-order valence-corrected chi connectivity index (χ3v) is 2.16. The molecule has 0 aromatic heterocycles. The normalized spacial score (nSPS) is 9.25. The van der Waals surface area contributed by atoms with Gasteiger partial charge in [-0.05, 0) is 0 Å². The Balaban J connectivity index is 0.00000128. The molecule has 2 rings (SSSR count). The number of aromatic carboxylic acids is 1. The van der Waals surface area contributed by atoms with Crippen LogP contribution in [0.5, 0.6) is 0 Å². The molecule has 16 heavy (non-hydrogen) atoms. The molecule has 0 radical (unpaired) electrons. The van der Waals surface area contributed by atoms with Crippen LogP contribution < -0.4 is 0 Å². The first-order chi connectivity index (χ1) is 7.29. The van der Waals surface area contributed by atoms with Crippen molar-refractivity contribution in [3.8, 4) is 11.1 Å². The second-order valence-electron chi connectivity index (χ2n) is 3.13. The van der Waals surface area contributed by atoms with Gasteiger partial charge in [0.15, 0.2) is 0 Å². The first-order valence-corrected chi connectivity index (χ1v) is 4.58. The predicted molar refractivity (Wildman–Crippen MR) is 57.7 cm³/mol. The smallest absolute Gasteiger partial charge is 0.326 e. The van der Waals surface area contributed by atoms with E-state index in [9.17, 15) is 4.79 Å². The van der Waals surface area contributed by atoms with Gasteiger partial charge in [0.1, 0.15) is 0 Å². The van der Waals surface area contributed by atoms with Crippen LogP contribution in [-0.4, -0.2) is 11.1 Å². The number of hydrogen-bond acceptors (Lipinski definition) is 1. The summed E-state index contributed by atoms with van der Waals surface area (Å²) in [5.41, 5.74) is 1.81. The topological polar surface area (TPSA) is 37.3 Å². The Morgan fingerprint density at radius 1 is 1.06 bits per heavy atom. The van der Waals surface area contributed by atoms with E-state index in [1.54, 1.807) is 24.3 Å². The van der Waals surface area contributed by atoms with E-state index in [2.05, 4.69) is 6.07 Å². The third kappa shape index (κ3) is 2.57. The summed E-state index contributed by atoms with van der Waals surface area (Å²) in [4.78, 5) is 11.0. The maximum atomic E-state index is 11.0. The Kier molecular flexibility index (Phi) is 4.42. The maximum Gasteiger partial charge on any atom is 0.326 e. The fourth-order valence-corrected chi connectivity index (χ4v) is 1.47. The van der Waals surface area contributed by atoms with Gasteiger partial charge in [-0.1, -0.05) is 29.8 Å². The van der Waals surface area contributed by atoms with Gasteiger partial charge in [-0.15, -0.1) is 35.9 Å². The molecule has 3 heteroatoms. The molecule has 0 heterocycles. The standard InChI is InChI=1S/C13H9O2.Pd/c14-13(15)12-9-5-4-8-11(12)10-6-2-1-3-7-10;/h1-6,8-9H,(H,14,15);/q-1;. The Morgan fingerprint density at radius 3 is 2.38 bits per heavy atom. The van der Waals surface area contributed by atoms with Gasteiger partial charge in [-0.2, -0.15) is 0 Å². The summed E-state index contributed by atoms with van der Waals surface area (Å²) in [6, 6.07) is 17.3. The fraction of sp³-hybridized carbons (Fsp3) is 0. The minimum absolute atomic E-state index is 0. The Hall–Kier alpha value is -1.43. The molecule has 2 aromatic carbocycles. The van der Waals surface area contributed by atoms with Gasteiger partial charge < -0.3 is 5.11 Å². The van der Waals surface area contributed by atoms with Gasteiger partial charge in [0, 0.05) is 26.0 Å². The number of hydrogen-bond donors (Lipinski definition) is 1. The van der Waals surface area contributed by atoms with Gasteiger partial charge in [-0.3, -0.25) is 0 Å². The number of carbonyl (C=O) groups is 1. The second kappa shape index (κ2) is 5.60. The van der Waals surface area contributed by atoms with Crippen molar-refractivity contribution in [1.29, 1.82) is 0 Å². The van der Waals surface area contributed by atoms with Crippen LogP contribution in [0.15, 0.2) is 48.5 Å². The molecule has 2 nitrogen and oxygen atoms in total. The zero-order valence-corrected chi connectivity index (χ0v) is 9.85. The van der Waals surface area contributed by atoms with Crippen molar-refractivity contribution in [2.75, 3.05) is 0 Å². The predicted octanol–water partition coefficient (Wildman–Crippen LogP) is 2.85. The quantitative estimate of drug-likeness (QED) is 0.684. The van der Waals surface area contributed by atoms with Crippen molar-refractivity contribution in [2.24, 2.45) is 0 Å². The first-order valence-electron chi connectivity index (χ1n) is 4.58. The second-order valence-corrected chi connectivity index (χ2v) is 3.13. The molecule has 1 N–H and O–H groups in total. The summed E-state index contributed by atoms with van der Waals surface area (Å²) in [5.74, 6) is -0.914. The Bertz CT molecular complexity index is 480. The molecule has 0 bridgehead atoms. The van der Waals surface area contributed by atoms with Crippen molar-refractivity contribution in [3.63, 3.8) is 0 Å². The van der Waals surface area contributed by atoms with E-state index in [-0.39, 0.29) is 20.4 Å². The maximum absolute atomic E-state index is 11.0. The van der Waals surface area contributed by atoms with Crippen LogP contribution in [-0.2, 0) is 20.4 Å². The molecule has 0 saturated heterocycles. The van der Waals surface area contributed by atoms with Crippen molar-refractivity contribution in [2.45, 2.75) is 0 Å². The third-order valence-electron chi connectivity index (χ3n) is 2.16. The van der Waals surface area contributed by atoms with Crippen LogP contribution in [0.3, 0.4) is 0 Å². The molecular weight excluding hydrogens is 295 g/mol. The summed E-state index contributed by atoms with van der Waals surface area (Å²) in [6.45, 7) is 0. The first kappa shape index (κ1) is 12.6. The number of rotatable bonds is 2. The van der Waals surface area contributed by atoms with Gasteiger partial charge >= 0.3 is 5.97 Å². The van der Waals surface area contributed by atoms with Crippen LogP contribution in [0.25, 0.3) is 11.1 Å². The van der Waals surface area contributed by atoms with E-state index < -0.39 is 5.97 Å². The summed E-state index contributed by atoms with van der Waals surface area (Å²) in [5, 5.41) is 9.01. The SMILES string of the molecule is O=C(O)c1ccccc1-c1[c-]cccc1.[Pd]. The average molecular weight is 304 g/mol. The molecule has 2 aromatic rings. The molecule has 0 fully saturated rings. The fourth-order valence-electron chi connectivity index (χ4n) is 1.47. The molecule has 0 amide bonds. The number of carboxylic acids is 1. The number of carboxylic acid groups (broad SMARTS) is 1. The van der Waals surface area contributed by atoms with Gasteiger partial charge in [0.2, 0.25) is 0 Å². The zero-order chi connectivity index (χ0) is 10.7. The minimum Gasteiger partial charge on any atom is -0.478 e. The van der Waals surface area contributed by atoms with E-state index >= 15 is 0 Å². The average Bonchev–Trinajstić information content (AvgIpc) is 2.30. The largest absolute Gasteiger partial charge is 0.478 e. The van der Waals surface area contributed by atoms with Crippen LogP contribution >= 0.6 is 0 Å². The van der Waals surface area contributed by atoms with Crippen molar-refractivity contribution in [1.82, 2.24) is 0 Å². The minimum atomic E-state index is -0.914. The molecule has 0 spiro atoms. The van der Waals surface area contributed by atoms with E-state index in [0.29, 0.717) is 11.1 Å². The Labute approximate surface area is 108 Å². The van der Waals surface area contributed by atoms with E-state index in [4.69, 9.17) is 5.11 Å². The summed E-state index contributed by atoms with van der Waals surface area (Å²) in [7, 11) is 0. The summed E-state index contributed by atoms with van der Waals surface area (Å²) in [6.07, 6.45) is 0. The van der Waals surface area contributed by atoms with E-state index in [1.807, 2.05) is 24.3 Å². The number of benzene rings is 2. The molecule has 0 saturated carbocycles. The molecule has 0 aliphatic rings. The van der Waals surface area contributed by atoms with Crippen molar-refractivity contribution < 1.29 is 30.3 Å². The van der Waals surface area contributed by atoms with Gasteiger partial charge in [0.05, 0.1) is 0 Å². The monoisotopic (exact) mass is 303 g/mol. The van der Waals surface area contributed by atoms with Crippen LogP contribution in [0.4, 0.5) is 0 Å². The van der Waals surface area contributed by atoms with Crippen molar-refractivity contribution in [3.05, 3.63) is 60.2 Å². The van der Waals surface area contributed by atoms with Gasteiger partial charge in [-0.25, -0.2) is 4.79 Å². The van der Waals surface area contributed by atoms with Gasteiger partial charge in [0.25, 0.3) is 0 Å². The Morgan fingerprint density at radius 2 is 1.75 bits per heavy atom. The van der Waals surface area contributed by atoms with Crippen LogP contribution in [0.2, 0.25) is 0 Å². The summed E-state index contributed by atoms with van der Waals surface area (Å²) >= 11 is 0. The van der Waals surface area contributed by atoms with Crippen LogP contribution in [0, 0.1) is 6.07 Å². The molecular formula is C13H9O2Pd-. The molecule has 84 valence electrons. The molecule has 0 unspecified atom stereocenters. The molecule has 0 aliphatic heterocycles. The van der Waals surface area contributed by atoms with E-state index in [0.717, 1.165) is 5.56 Å². The molecule has 0 atom stereocenters. The zero-order valence-electron chi connectivity index (χ0n) is 8.29. The van der Waals surface area contributed by atoms with Crippen LogP contribution in [0.1, 0.15) is 10.4 Å².